The van der Waals surface area contributed by atoms with Crippen LogP contribution >= 0.6 is 40.5 Å². The molecule has 1 unspecified atom stereocenters. The van der Waals surface area contributed by atoms with E-state index in [1.807, 2.05) is 22.7 Å². The third-order valence-corrected chi connectivity index (χ3v) is 15.1. The lowest BCUT2D eigenvalue weighted by Crippen LogP contribution is -2.19. The Bertz CT molecular complexity index is 1310. The van der Waals surface area contributed by atoms with Gasteiger partial charge in [0.25, 0.3) is 0 Å². The molecule has 31 heavy (non-hydrogen) atoms. The molecule has 2 aromatic carbocycles. The van der Waals surface area contributed by atoms with Crippen LogP contribution in [0, 0.1) is 27.7 Å². The minimum Gasteiger partial charge on any atom is -0.145 e. The second-order valence-electron chi connectivity index (χ2n) is 8.02. The van der Waals surface area contributed by atoms with E-state index in [2.05, 4.69) is 112 Å². The SMILES string of the molecule is CS[P+]1(c2ccccc2)C(c2cc(C)sc2C)=C(c2cc(C)sc2C)c2ccccc21. The molecule has 0 amide bonds. The van der Waals surface area contributed by atoms with Crippen LogP contribution in [0.3, 0.4) is 0 Å². The number of hydrogen-bond acceptors (Lipinski definition) is 3. The van der Waals surface area contributed by atoms with Gasteiger partial charge < -0.3 is 0 Å². The lowest BCUT2D eigenvalue weighted by Gasteiger charge is -2.23. The normalized spacial score (nSPS) is 18.0. The zero-order chi connectivity index (χ0) is 21.8. The van der Waals surface area contributed by atoms with Crippen LogP contribution in [0.1, 0.15) is 36.2 Å². The van der Waals surface area contributed by atoms with Gasteiger partial charge in [-0.2, -0.15) is 0 Å². The van der Waals surface area contributed by atoms with Crippen LogP contribution in [-0.2, 0) is 0 Å². The predicted octanol–water partition coefficient (Wildman–Crippen LogP) is 8.22. The van der Waals surface area contributed by atoms with Crippen molar-refractivity contribution in [2.24, 2.45) is 0 Å². The van der Waals surface area contributed by atoms with Crippen molar-refractivity contribution in [3.63, 3.8) is 0 Å². The smallest absolute Gasteiger partial charge is 0.145 e. The van der Waals surface area contributed by atoms with E-state index in [-0.39, 0.29) is 0 Å². The van der Waals surface area contributed by atoms with E-state index in [4.69, 9.17) is 0 Å². The maximum absolute atomic E-state index is 2.43. The molecular weight excluding hydrogens is 451 g/mol. The summed E-state index contributed by atoms with van der Waals surface area (Å²) >= 11 is 5.91. The Balaban J connectivity index is 1.98. The molecule has 2 aromatic heterocycles. The molecule has 4 heteroatoms. The minimum atomic E-state index is -1.84. The fourth-order valence-electron chi connectivity index (χ4n) is 4.89. The lowest BCUT2D eigenvalue weighted by molar-refractivity contribution is 1.52. The van der Waals surface area contributed by atoms with E-state index in [9.17, 15) is 0 Å². The molecule has 0 nitrogen and oxygen atoms in total. The average Bonchev–Trinajstić information content (AvgIpc) is 3.38. The van der Waals surface area contributed by atoms with E-state index in [0.29, 0.717) is 0 Å². The van der Waals surface area contributed by atoms with Crippen molar-refractivity contribution >= 4 is 62.0 Å². The number of thiophene rings is 2. The highest BCUT2D eigenvalue weighted by molar-refractivity contribution is 8.70. The molecule has 5 rings (SSSR count). The van der Waals surface area contributed by atoms with Crippen molar-refractivity contribution < 1.29 is 0 Å². The van der Waals surface area contributed by atoms with Crippen molar-refractivity contribution in [2.45, 2.75) is 27.7 Å². The molecule has 0 fully saturated rings. The third-order valence-electron chi connectivity index (χ3n) is 6.06. The molecular formula is C27H26PS3+. The van der Waals surface area contributed by atoms with Crippen LogP contribution in [0.2, 0.25) is 0 Å². The molecule has 1 atom stereocenters. The summed E-state index contributed by atoms with van der Waals surface area (Å²) in [6.45, 7) is 7.22. The summed E-state index contributed by atoms with van der Waals surface area (Å²) in [7, 11) is 0. The Kier molecular flexibility index (Phi) is 5.51. The molecule has 0 radical (unpaired) electrons. The van der Waals surface area contributed by atoms with Gasteiger partial charge >= 0.3 is 0 Å². The molecule has 0 bridgehead atoms. The highest BCUT2D eigenvalue weighted by Crippen LogP contribution is 2.81. The molecule has 156 valence electrons. The summed E-state index contributed by atoms with van der Waals surface area (Å²) in [5.74, 6) is 0. The van der Waals surface area contributed by atoms with Crippen molar-refractivity contribution in [1.82, 2.24) is 0 Å². The Labute approximate surface area is 198 Å². The second-order valence-corrected chi connectivity index (χ2v) is 16.7. The highest BCUT2D eigenvalue weighted by Gasteiger charge is 2.56. The predicted molar refractivity (Wildman–Crippen MR) is 146 cm³/mol. The molecule has 0 saturated heterocycles. The van der Waals surface area contributed by atoms with Crippen molar-refractivity contribution in [3.05, 3.63) is 103 Å². The first-order chi connectivity index (χ1) is 15.0. The topological polar surface area (TPSA) is 0 Å². The average molecular weight is 478 g/mol. The molecule has 0 aliphatic carbocycles. The first-order valence-electron chi connectivity index (χ1n) is 10.5. The molecule has 1 aliphatic rings. The summed E-state index contributed by atoms with van der Waals surface area (Å²) < 4.78 is 0. The van der Waals surface area contributed by atoms with Crippen LogP contribution in [0.25, 0.3) is 10.9 Å². The zero-order valence-corrected chi connectivity index (χ0v) is 21.9. The maximum Gasteiger partial charge on any atom is 0.172 e. The van der Waals surface area contributed by atoms with Crippen LogP contribution in [0.4, 0.5) is 0 Å². The standard InChI is InChI=1S/C27H26PS3/c1-17-15-23(19(3)30-17)26-22-13-9-10-14-25(22)28(29-5,21-11-7-6-8-12-21)27(26)24-16-18(2)31-20(24)4/h6-16H,1-5H3/q+1. The van der Waals surface area contributed by atoms with Crippen molar-refractivity contribution in [2.75, 3.05) is 6.26 Å². The Morgan fingerprint density at radius 2 is 1.26 bits per heavy atom. The van der Waals surface area contributed by atoms with Gasteiger partial charge in [0, 0.05) is 59.4 Å². The third kappa shape index (κ3) is 3.21. The fraction of sp³-hybridized carbons (Fsp3) is 0.185. The van der Waals surface area contributed by atoms with Gasteiger partial charge in [-0.3, -0.25) is 0 Å². The van der Waals surface area contributed by atoms with Gasteiger partial charge in [0.05, 0.1) is 0 Å². The Hall–Kier alpha value is -1.64. The van der Waals surface area contributed by atoms with Crippen LogP contribution in [-0.4, -0.2) is 6.26 Å². The van der Waals surface area contributed by atoms with Gasteiger partial charge in [-0.05, 0) is 58.0 Å². The summed E-state index contributed by atoms with van der Waals surface area (Å²) in [6, 6.07) is 25.3. The van der Waals surface area contributed by atoms with Crippen molar-refractivity contribution in [1.29, 1.82) is 0 Å². The molecule has 3 heterocycles. The second kappa shape index (κ2) is 8.05. The van der Waals surface area contributed by atoms with E-state index < -0.39 is 6.46 Å². The van der Waals surface area contributed by atoms with E-state index in [0.717, 1.165) is 0 Å². The molecule has 0 saturated carbocycles. The van der Waals surface area contributed by atoms with Gasteiger partial charge in [-0.15, -0.1) is 22.7 Å². The molecule has 0 N–H and O–H groups in total. The zero-order valence-electron chi connectivity index (χ0n) is 18.5. The summed E-state index contributed by atoms with van der Waals surface area (Å²) in [5, 5.41) is 4.55. The molecule has 1 aliphatic heterocycles. The van der Waals surface area contributed by atoms with Crippen molar-refractivity contribution in [3.8, 4) is 0 Å². The van der Waals surface area contributed by atoms with Gasteiger partial charge in [0.15, 0.2) is 6.46 Å². The van der Waals surface area contributed by atoms with E-state index in [1.54, 1.807) is 5.31 Å². The van der Waals surface area contributed by atoms with E-state index in [1.165, 1.54) is 52.4 Å². The minimum absolute atomic E-state index is 1.38. The largest absolute Gasteiger partial charge is 0.172 e. The highest BCUT2D eigenvalue weighted by atomic mass is 32.7. The first kappa shape index (κ1) is 21.2. The van der Waals surface area contributed by atoms with Crippen LogP contribution < -0.4 is 10.6 Å². The van der Waals surface area contributed by atoms with Crippen LogP contribution in [0.5, 0.6) is 0 Å². The summed E-state index contributed by atoms with van der Waals surface area (Å²) in [6.07, 6.45) is 2.32. The molecule has 4 aromatic rings. The van der Waals surface area contributed by atoms with Crippen LogP contribution in [0.15, 0.2) is 66.7 Å². The summed E-state index contributed by atoms with van der Waals surface area (Å²) in [4.78, 5) is 5.62. The maximum atomic E-state index is 2.43. The number of rotatable bonds is 4. The molecule has 0 spiro atoms. The van der Waals surface area contributed by atoms with E-state index >= 15 is 0 Å². The van der Waals surface area contributed by atoms with Gasteiger partial charge in [-0.25, -0.2) is 0 Å². The number of hydrogen-bond donors (Lipinski definition) is 0. The van der Waals surface area contributed by atoms with Gasteiger partial charge in [0.1, 0.15) is 15.9 Å². The first-order valence-corrected chi connectivity index (χ1v) is 15.7. The lowest BCUT2D eigenvalue weighted by atomic mass is 9.96. The number of fused-ring (bicyclic) bond motifs is 1. The Morgan fingerprint density at radius 1 is 0.677 bits per heavy atom. The number of aryl methyl sites for hydroxylation is 4. The quantitative estimate of drug-likeness (QED) is 0.267. The van der Waals surface area contributed by atoms with Gasteiger partial charge in [-0.1, -0.05) is 36.4 Å². The Morgan fingerprint density at radius 3 is 1.84 bits per heavy atom. The number of benzene rings is 2. The monoisotopic (exact) mass is 477 g/mol. The van der Waals surface area contributed by atoms with Gasteiger partial charge in [0.2, 0.25) is 0 Å². The fourth-order valence-corrected chi connectivity index (χ4v) is 13.9. The summed E-state index contributed by atoms with van der Waals surface area (Å²) in [5.41, 5.74) is 5.75.